The van der Waals surface area contributed by atoms with Crippen LogP contribution in [0.25, 0.3) is 6.08 Å². The van der Waals surface area contributed by atoms with Gasteiger partial charge in [-0.2, -0.15) is 0 Å². The molecular weight excluding hydrogens is 512 g/mol. The minimum Gasteiger partial charge on any atom is -0.360 e. The molecule has 1 heterocycles. The second kappa shape index (κ2) is 12.7. The Morgan fingerprint density at radius 3 is 2.23 bits per heavy atom. The van der Waals surface area contributed by atoms with Crippen LogP contribution in [0.15, 0.2) is 100 Å². The number of hydrogen-bond donors (Lipinski definition) is 3. The Labute approximate surface area is 230 Å². The number of aryl methyl sites for hydroxylation is 2. The van der Waals surface area contributed by atoms with Gasteiger partial charge in [0.2, 0.25) is 5.91 Å². The number of thioether (sulfide) groups is 1. The highest BCUT2D eigenvalue weighted by Crippen LogP contribution is 2.26. The summed E-state index contributed by atoms with van der Waals surface area (Å²) < 4.78 is 4.97. The van der Waals surface area contributed by atoms with Crippen LogP contribution in [0, 0.1) is 13.8 Å². The third-order valence-corrected chi connectivity index (χ3v) is 6.70. The molecule has 198 valence electrons. The normalized spacial score (nSPS) is 11.9. The Bertz CT molecular complexity index is 1480. The van der Waals surface area contributed by atoms with Crippen molar-refractivity contribution in [1.82, 2.24) is 10.5 Å². The van der Waals surface area contributed by atoms with Crippen LogP contribution in [0.4, 0.5) is 11.5 Å². The maximum absolute atomic E-state index is 13.2. The Hall–Kier alpha value is -4.63. The van der Waals surface area contributed by atoms with Crippen LogP contribution in [0.5, 0.6) is 0 Å². The molecule has 1 unspecified atom stereocenters. The van der Waals surface area contributed by atoms with E-state index in [1.165, 1.54) is 11.8 Å². The predicted molar refractivity (Wildman–Crippen MR) is 153 cm³/mol. The van der Waals surface area contributed by atoms with Crippen molar-refractivity contribution in [3.63, 3.8) is 0 Å². The van der Waals surface area contributed by atoms with Gasteiger partial charge in [-0.25, -0.2) is 0 Å². The Morgan fingerprint density at radius 2 is 1.59 bits per heavy atom. The molecule has 3 aromatic carbocycles. The van der Waals surface area contributed by atoms with Gasteiger partial charge in [0.15, 0.2) is 5.82 Å². The van der Waals surface area contributed by atoms with Crippen LogP contribution in [0.2, 0.25) is 0 Å². The third kappa shape index (κ3) is 7.93. The SMILES string of the molecule is Cc1ccc(/C=C(\NC(=O)c2ccccc2)C(=O)Nc2ccc(SC(C)C(=O)Nc3cc(C)on3)cc2)cc1. The van der Waals surface area contributed by atoms with E-state index in [9.17, 15) is 14.4 Å². The second-order valence-electron chi connectivity index (χ2n) is 8.84. The van der Waals surface area contributed by atoms with Crippen molar-refractivity contribution in [2.75, 3.05) is 10.6 Å². The maximum Gasteiger partial charge on any atom is 0.272 e. The van der Waals surface area contributed by atoms with Gasteiger partial charge < -0.3 is 20.5 Å². The van der Waals surface area contributed by atoms with Crippen molar-refractivity contribution in [2.45, 2.75) is 30.9 Å². The molecule has 0 saturated carbocycles. The summed E-state index contributed by atoms with van der Waals surface area (Å²) in [5.41, 5.74) is 2.96. The van der Waals surface area contributed by atoms with E-state index in [1.807, 2.05) is 49.4 Å². The predicted octanol–water partition coefficient (Wildman–Crippen LogP) is 5.82. The van der Waals surface area contributed by atoms with Gasteiger partial charge in [0.1, 0.15) is 11.5 Å². The zero-order valence-corrected chi connectivity index (χ0v) is 22.5. The minimum atomic E-state index is -0.462. The monoisotopic (exact) mass is 540 g/mol. The van der Waals surface area contributed by atoms with Crippen LogP contribution in [-0.4, -0.2) is 28.1 Å². The molecule has 0 aliphatic carbocycles. The largest absolute Gasteiger partial charge is 0.360 e. The number of nitrogens with one attached hydrogen (secondary N) is 3. The lowest BCUT2D eigenvalue weighted by molar-refractivity contribution is -0.115. The summed E-state index contributed by atoms with van der Waals surface area (Å²) in [6, 6.07) is 25.1. The van der Waals surface area contributed by atoms with E-state index < -0.39 is 5.91 Å². The molecule has 0 bridgehead atoms. The highest BCUT2D eigenvalue weighted by atomic mass is 32.2. The lowest BCUT2D eigenvalue weighted by Gasteiger charge is -2.13. The fourth-order valence-electron chi connectivity index (χ4n) is 3.50. The van der Waals surface area contributed by atoms with Gasteiger partial charge in [-0.15, -0.1) is 11.8 Å². The molecule has 3 N–H and O–H groups in total. The summed E-state index contributed by atoms with van der Waals surface area (Å²) in [7, 11) is 0. The molecule has 4 rings (SSSR count). The van der Waals surface area contributed by atoms with Gasteiger partial charge in [-0.3, -0.25) is 14.4 Å². The average molecular weight is 541 g/mol. The fourth-order valence-corrected chi connectivity index (χ4v) is 4.37. The summed E-state index contributed by atoms with van der Waals surface area (Å²) in [4.78, 5) is 39.3. The molecule has 0 aliphatic rings. The molecular formula is C30H28N4O4S. The zero-order valence-electron chi connectivity index (χ0n) is 21.7. The lowest BCUT2D eigenvalue weighted by Crippen LogP contribution is -2.30. The van der Waals surface area contributed by atoms with E-state index in [4.69, 9.17) is 4.52 Å². The number of anilines is 2. The minimum absolute atomic E-state index is 0.111. The number of carbonyl (C=O) groups is 3. The Kier molecular flexibility index (Phi) is 8.96. The summed E-state index contributed by atoms with van der Waals surface area (Å²) in [6.45, 7) is 5.52. The maximum atomic E-state index is 13.2. The van der Waals surface area contributed by atoms with Crippen molar-refractivity contribution in [2.24, 2.45) is 0 Å². The van der Waals surface area contributed by atoms with Gasteiger partial charge in [-0.1, -0.05) is 53.2 Å². The molecule has 0 fully saturated rings. The number of benzene rings is 3. The first-order chi connectivity index (χ1) is 18.8. The van der Waals surface area contributed by atoms with Crippen molar-refractivity contribution in [3.05, 3.63) is 113 Å². The van der Waals surface area contributed by atoms with E-state index in [2.05, 4.69) is 21.1 Å². The second-order valence-corrected chi connectivity index (χ2v) is 10.3. The van der Waals surface area contributed by atoms with E-state index in [1.54, 1.807) is 62.4 Å². The average Bonchev–Trinajstić information content (AvgIpc) is 3.35. The molecule has 1 atom stereocenters. The molecule has 39 heavy (non-hydrogen) atoms. The van der Waals surface area contributed by atoms with E-state index in [0.717, 1.165) is 16.0 Å². The molecule has 0 saturated heterocycles. The van der Waals surface area contributed by atoms with Crippen molar-refractivity contribution < 1.29 is 18.9 Å². The number of rotatable bonds is 9. The summed E-state index contributed by atoms with van der Waals surface area (Å²) in [5.74, 6) is -0.0675. The van der Waals surface area contributed by atoms with E-state index in [-0.39, 0.29) is 22.8 Å². The molecule has 0 radical (unpaired) electrons. The molecule has 8 nitrogen and oxygen atoms in total. The number of nitrogens with zero attached hydrogens (tertiary/aromatic N) is 1. The van der Waals surface area contributed by atoms with Crippen LogP contribution >= 0.6 is 11.8 Å². The smallest absolute Gasteiger partial charge is 0.272 e. The van der Waals surface area contributed by atoms with Gasteiger partial charge in [0, 0.05) is 22.2 Å². The van der Waals surface area contributed by atoms with E-state index in [0.29, 0.717) is 22.8 Å². The van der Waals surface area contributed by atoms with E-state index >= 15 is 0 Å². The standard InChI is InChI=1S/C30H28N4O4S/c1-19-9-11-22(12-10-19)18-26(32-29(36)23-7-5-4-6-8-23)30(37)31-24-13-15-25(16-14-24)39-21(3)28(35)33-27-17-20(2)38-34-27/h4-18,21H,1-3H3,(H,31,37)(H,32,36)(H,33,34,35)/b26-18-. The van der Waals surface area contributed by atoms with Crippen LogP contribution in [0.1, 0.15) is 34.2 Å². The molecule has 0 spiro atoms. The number of amides is 3. The first kappa shape index (κ1) is 27.4. The summed E-state index contributed by atoms with van der Waals surface area (Å²) in [5, 5.41) is 11.7. The quantitative estimate of drug-likeness (QED) is 0.182. The molecule has 0 aliphatic heterocycles. The number of hydrogen-bond acceptors (Lipinski definition) is 6. The third-order valence-electron chi connectivity index (χ3n) is 5.59. The first-order valence-corrected chi connectivity index (χ1v) is 13.1. The summed E-state index contributed by atoms with van der Waals surface area (Å²) >= 11 is 1.37. The zero-order chi connectivity index (χ0) is 27.8. The van der Waals surface area contributed by atoms with Crippen molar-refractivity contribution in [3.8, 4) is 0 Å². The Balaban J connectivity index is 1.43. The highest BCUT2D eigenvalue weighted by Gasteiger charge is 2.17. The first-order valence-electron chi connectivity index (χ1n) is 12.2. The van der Waals surface area contributed by atoms with Gasteiger partial charge in [0.25, 0.3) is 11.8 Å². The lowest BCUT2D eigenvalue weighted by atomic mass is 10.1. The highest BCUT2D eigenvalue weighted by molar-refractivity contribution is 8.00. The molecule has 1 aromatic heterocycles. The van der Waals surface area contributed by atoms with Crippen LogP contribution in [-0.2, 0) is 9.59 Å². The topological polar surface area (TPSA) is 113 Å². The molecule has 9 heteroatoms. The van der Waals surface area contributed by atoms with Gasteiger partial charge >= 0.3 is 0 Å². The van der Waals surface area contributed by atoms with Crippen molar-refractivity contribution >= 4 is 47.1 Å². The van der Waals surface area contributed by atoms with Gasteiger partial charge in [-0.05, 0) is 68.8 Å². The number of carbonyl (C=O) groups excluding carboxylic acids is 3. The van der Waals surface area contributed by atoms with Crippen LogP contribution in [0.3, 0.4) is 0 Å². The molecule has 3 amide bonds. The van der Waals surface area contributed by atoms with Crippen LogP contribution < -0.4 is 16.0 Å². The summed E-state index contributed by atoms with van der Waals surface area (Å²) in [6.07, 6.45) is 1.64. The molecule has 4 aromatic rings. The fraction of sp³-hybridized carbons (Fsp3) is 0.133. The Morgan fingerprint density at radius 1 is 0.897 bits per heavy atom. The van der Waals surface area contributed by atoms with Gasteiger partial charge in [0.05, 0.1) is 5.25 Å². The van der Waals surface area contributed by atoms with Crippen molar-refractivity contribution in [1.29, 1.82) is 0 Å². The number of aromatic nitrogens is 1.